The van der Waals surface area contributed by atoms with E-state index in [1.165, 1.54) is 23.3 Å². The van der Waals surface area contributed by atoms with Crippen molar-refractivity contribution in [2.75, 3.05) is 11.9 Å². The van der Waals surface area contributed by atoms with Gasteiger partial charge >= 0.3 is 12.1 Å². The molecular weight excluding hydrogens is 307 g/mol. The van der Waals surface area contributed by atoms with Crippen molar-refractivity contribution in [2.45, 2.75) is 12.7 Å². The van der Waals surface area contributed by atoms with Crippen molar-refractivity contribution in [1.29, 1.82) is 0 Å². The molecule has 2 rings (SSSR count). The molecule has 21 heavy (non-hydrogen) atoms. The van der Waals surface area contributed by atoms with E-state index in [9.17, 15) is 18.0 Å². The van der Waals surface area contributed by atoms with Gasteiger partial charge in [0.2, 0.25) is 0 Å². The molecule has 0 saturated carbocycles. The number of nitrogens with zero attached hydrogens (tertiary/aromatic N) is 3. The number of aromatic nitrogens is 2. The molecule has 112 valence electrons. The van der Waals surface area contributed by atoms with Gasteiger partial charge in [-0.1, -0.05) is 0 Å². The summed E-state index contributed by atoms with van der Waals surface area (Å²) in [5.74, 6) is -1.58. The van der Waals surface area contributed by atoms with E-state index in [0.29, 0.717) is 11.8 Å². The number of hydrogen-bond donors (Lipinski definition) is 1. The number of alkyl halides is 3. The van der Waals surface area contributed by atoms with Gasteiger partial charge < -0.3 is 10.0 Å². The number of thiazole rings is 1. The second-order valence-electron chi connectivity index (χ2n) is 4.21. The number of hydrogen-bond acceptors (Lipinski definition) is 5. The highest BCUT2D eigenvalue weighted by molar-refractivity contribution is 7.07. The molecule has 9 heteroatoms. The van der Waals surface area contributed by atoms with Crippen LogP contribution in [0.15, 0.2) is 23.0 Å². The standard InChI is InChI=1S/C12H10F3N3O2S/c1-18(4-7-5-21-6-16-7)10-8(11(19)20)2-3-9(17-10)12(13,14)15/h2-3,5-6H,4H2,1H3,(H,19,20). The summed E-state index contributed by atoms with van der Waals surface area (Å²) in [6.07, 6.45) is -4.63. The van der Waals surface area contributed by atoms with Crippen LogP contribution in [-0.2, 0) is 12.7 Å². The third-order valence-electron chi connectivity index (χ3n) is 2.64. The third-order valence-corrected chi connectivity index (χ3v) is 3.28. The molecule has 2 aromatic heterocycles. The van der Waals surface area contributed by atoms with E-state index >= 15 is 0 Å². The van der Waals surface area contributed by atoms with Crippen molar-refractivity contribution < 1.29 is 23.1 Å². The molecule has 1 N–H and O–H groups in total. The Balaban J connectivity index is 2.40. The Kier molecular flexibility index (Phi) is 4.12. The number of carboxylic acid groups (broad SMARTS) is 1. The average Bonchev–Trinajstić information content (AvgIpc) is 2.89. The van der Waals surface area contributed by atoms with Crippen LogP contribution in [0.25, 0.3) is 0 Å². The van der Waals surface area contributed by atoms with E-state index in [0.717, 1.165) is 6.07 Å². The zero-order chi connectivity index (χ0) is 15.6. The van der Waals surface area contributed by atoms with Crippen molar-refractivity contribution >= 4 is 23.1 Å². The van der Waals surface area contributed by atoms with Crippen LogP contribution >= 0.6 is 11.3 Å². The molecule has 0 saturated heterocycles. The summed E-state index contributed by atoms with van der Waals surface area (Å²) in [4.78, 5) is 19.9. The van der Waals surface area contributed by atoms with E-state index < -0.39 is 17.8 Å². The second kappa shape index (κ2) is 5.68. The van der Waals surface area contributed by atoms with Gasteiger partial charge in [0, 0.05) is 12.4 Å². The van der Waals surface area contributed by atoms with Gasteiger partial charge in [0.1, 0.15) is 17.1 Å². The molecule has 2 aromatic rings. The SMILES string of the molecule is CN(Cc1cscn1)c1nc(C(F)(F)F)ccc1C(=O)O. The quantitative estimate of drug-likeness (QED) is 0.939. The minimum absolute atomic E-state index is 0.165. The molecule has 0 atom stereocenters. The van der Waals surface area contributed by atoms with E-state index in [-0.39, 0.29) is 17.9 Å². The number of carboxylic acids is 1. The molecule has 0 unspecified atom stereocenters. The lowest BCUT2D eigenvalue weighted by molar-refractivity contribution is -0.141. The molecule has 2 heterocycles. The van der Waals surface area contributed by atoms with Crippen LogP contribution in [0.2, 0.25) is 0 Å². The number of pyridine rings is 1. The minimum atomic E-state index is -4.63. The van der Waals surface area contributed by atoms with Gasteiger partial charge in [-0.2, -0.15) is 13.2 Å². The summed E-state index contributed by atoms with van der Waals surface area (Å²) in [6.45, 7) is 0.165. The van der Waals surface area contributed by atoms with Crippen molar-refractivity contribution in [3.05, 3.63) is 40.0 Å². The fourth-order valence-electron chi connectivity index (χ4n) is 1.70. The van der Waals surface area contributed by atoms with Crippen molar-refractivity contribution in [3.8, 4) is 0 Å². The van der Waals surface area contributed by atoms with Crippen LogP contribution in [0.5, 0.6) is 0 Å². The molecular formula is C12H10F3N3O2S. The monoisotopic (exact) mass is 317 g/mol. The number of anilines is 1. The highest BCUT2D eigenvalue weighted by atomic mass is 32.1. The molecule has 0 fully saturated rings. The maximum Gasteiger partial charge on any atom is 0.433 e. The van der Waals surface area contributed by atoms with Gasteiger partial charge in [0.15, 0.2) is 0 Å². The third kappa shape index (κ3) is 3.48. The lowest BCUT2D eigenvalue weighted by Crippen LogP contribution is -2.23. The molecule has 0 aromatic carbocycles. The molecule has 0 radical (unpaired) electrons. The van der Waals surface area contributed by atoms with E-state index in [4.69, 9.17) is 5.11 Å². The second-order valence-corrected chi connectivity index (χ2v) is 4.93. The van der Waals surface area contributed by atoms with E-state index in [1.807, 2.05) is 0 Å². The van der Waals surface area contributed by atoms with Crippen molar-refractivity contribution in [2.24, 2.45) is 0 Å². The van der Waals surface area contributed by atoms with Gasteiger partial charge in [-0.25, -0.2) is 14.8 Å². The van der Waals surface area contributed by atoms with Crippen LogP contribution in [0.4, 0.5) is 19.0 Å². The van der Waals surface area contributed by atoms with Crippen LogP contribution in [-0.4, -0.2) is 28.1 Å². The number of carbonyl (C=O) groups is 1. The first-order valence-corrected chi connectivity index (χ1v) is 6.63. The minimum Gasteiger partial charge on any atom is -0.478 e. The molecule has 0 spiro atoms. The molecule has 0 aliphatic carbocycles. The van der Waals surface area contributed by atoms with Gasteiger partial charge in [0.25, 0.3) is 0 Å². The fourth-order valence-corrected chi connectivity index (χ4v) is 2.25. The van der Waals surface area contributed by atoms with Crippen LogP contribution in [0.1, 0.15) is 21.7 Å². The van der Waals surface area contributed by atoms with Crippen LogP contribution in [0, 0.1) is 0 Å². The average molecular weight is 317 g/mol. The van der Waals surface area contributed by atoms with Gasteiger partial charge in [-0.05, 0) is 12.1 Å². The number of halogens is 3. The van der Waals surface area contributed by atoms with Crippen LogP contribution < -0.4 is 4.90 Å². The number of aromatic carboxylic acids is 1. The highest BCUT2D eigenvalue weighted by Crippen LogP contribution is 2.30. The summed E-state index contributed by atoms with van der Waals surface area (Å²) >= 11 is 1.34. The Morgan fingerprint density at radius 1 is 1.43 bits per heavy atom. The predicted octanol–water partition coefficient (Wildman–Crippen LogP) is 2.89. The van der Waals surface area contributed by atoms with Gasteiger partial charge in [0.05, 0.1) is 17.7 Å². The highest BCUT2D eigenvalue weighted by Gasteiger charge is 2.34. The molecule has 5 nitrogen and oxygen atoms in total. The Labute approximate surface area is 121 Å². The topological polar surface area (TPSA) is 66.3 Å². The van der Waals surface area contributed by atoms with Crippen molar-refractivity contribution in [3.63, 3.8) is 0 Å². The maximum absolute atomic E-state index is 12.7. The van der Waals surface area contributed by atoms with E-state index in [1.54, 1.807) is 10.9 Å². The zero-order valence-corrected chi connectivity index (χ0v) is 11.6. The van der Waals surface area contributed by atoms with Crippen LogP contribution in [0.3, 0.4) is 0 Å². The molecule has 0 aliphatic rings. The van der Waals surface area contributed by atoms with E-state index in [2.05, 4.69) is 9.97 Å². The van der Waals surface area contributed by atoms with Crippen molar-refractivity contribution in [1.82, 2.24) is 9.97 Å². The Morgan fingerprint density at radius 2 is 2.14 bits per heavy atom. The summed E-state index contributed by atoms with van der Waals surface area (Å²) < 4.78 is 38.1. The normalized spacial score (nSPS) is 11.4. The summed E-state index contributed by atoms with van der Waals surface area (Å²) in [5.41, 5.74) is 0.785. The number of rotatable bonds is 4. The van der Waals surface area contributed by atoms with Gasteiger partial charge in [-0.15, -0.1) is 11.3 Å². The van der Waals surface area contributed by atoms with Gasteiger partial charge in [-0.3, -0.25) is 0 Å². The Bertz CT molecular complexity index is 644. The first-order chi connectivity index (χ1) is 9.79. The fraction of sp³-hybridized carbons (Fsp3) is 0.250. The first-order valence-electron chi connectivity index (χ1n) is 5.69. The first kappa shape index (κ1) is 15.2. The maximum atomic E-state index is 12.7. The predicted molar refractivity (Wildman–Crippen MR) is 70.4 cm³/mol. The summed E-state index contributed by atoms with van der Waals surface area (Å²) in [7, 11) is 1.47. The largest absolute Gasteiger partial charge is 0.478 e. The lowest BCUT2D eigenvalue weighted by Gasteiger charge is -2.20. The molecule has 0 amide bonds. The Hall–Kier alpha value is -2.16. The zero-order valence-electron chi connectivity index (χ0n) is 10.8. The smallest absolute Gasteiger partial charge is 0.433 e. The summed E-state index contributed by atoms with van der Waals surface area (Å²) in [5, 5.41) is 10.8. The molecule has 0 aliphatic heterocycles. The Morgan fingerprint density at radius 3 is 2.67 bits per heavy atom. The molecule has 0 bridgehead atoms. The summed E-state index contributed by atoms with van der Waals surface area (Å²) in [6, 6.07) is 1.56. The lowest BCUT2D eigenvalue weighted by atomic mass is 10.2.